The van der Waals surface area contributed by atoms with E-state index in [4.69, 9.17) is 0 Å². The van der Waals surface area contributed by atoms with E-state index in [1.165, 1.54) is 36.1 Å². The lowest BCUT2D eigenvalue weighted by Gasteiger charge is -2.26. The van der Waals surface area contributed by atoms with Gasteiger partial charge in [-0.25, -0.2) is 0 Å². The van der Waals surface area contributed by atoms with Gasteiger partial charge in [-0.15, -0.1) is 0 Å². The highest BCUT2D eigenvalue weighted by Crippen LogP contribution is 2.31. The molecule has 0 bridgehead atoms. The van der Waals surface area contributed by atoms with Crippen molar-refractivity contribution in [3.05, 3.63) is 24.3 Å². The summed E-state index contributed by atoms with van der Waals surface area (Å²) < 4.78 is 4.48. The Morgan fingerprint density at radius 1 is 1.33 bits per heavy atom. The molecule has 1 fully saturated rings. The van der Waals surface area contributed by atoms with Gasteiger partial charge in [0, 0.05) is 11.9 Å². The monoisotopic (exact) mass is 260 g/mol. The summed E-state index contributed by atoms with van der Waals surface area (Å²) in [7, 11) is 0. The fourth-order valence-electron chi connectivity index (χ4n) is 3.00. The van der Waals surface area contributed by atoms with E-state index in [1.54, 1.807) is 11.5 Å². The van der Waals surface area contributed by atoms with E-state index >= 15 is 0 Å². The molecule has 0 aliphatic heterocycles. The van der Waals surface area contributed by atoms with Crippen molar-refractivity contribution >= 4 is 27.4 Å². The molecule has 2 aromatic rings. The van der Waals surface area contributed by atoms with Crippen molar-refractivity contribution in [3.8, 4) is 0 Å². The van der Waals surface area contributed by atoms with Gasteiger partial charge < -0.3 is 5.32 Å². The zero-order chi connectivity index (χ0) is 12.4. The number of aromatic nitrogens is 1. The smallest absolute Gasteiger partial charge is 0.117 e. The minimum Gasteiger partial charge on any atom is -0.375 e. The van der Waals surface area contributed by atoms with Crippen LogP contribution in [0.25, 0.3) is 10.9 Å². The molecule has 3 rings (SSSR count). The molecule has 1 aromatic heterocycles. The predicted molar refractivity (Wildman–Crippen MR) is 79.2 cm³/mol. The van der Waals surface area contributed by atoms with Crippen molar-refractivity contribution in [2.24, 2.45) is 11.8 Å². The van der Waals surface area contributed by atoms with Crippen molar-refractivity contribution in [1.29, 1.82) is 0 Å². The topological polar surface area (TPSA) is 24.9 Å². The molecule has 0 amide bonds. The molecule has 0 saturated heterocycles. The molecule has 1 aromatic carbocycles. The van der Waals surface area contributed by atoms with Gasteiger partial charge in [-0.3, -0.25) is 0 Å². The number of rotatable bonds is 3. The first kappa shape index (κ1) is 12.0. The van der Waals surface area contributed by atoms with Crippen LogP contribution in [0.15, 0.2) is 24.3 Å². The fourth-order valence-corrected chi connectivity index (χ4v) is 3.77. The Morgan fingerprint density at radius 2 is 2.22 bits per heavy atom. The van der Waals surface area contributed by atoms with Gasteiger partial charge >= 0.3 is 0 Å². The maximum absolute atomic E-state index is 4.48. The van der Waals surface area contributed by atoms with Crippen LogP contribution >= 0.6 is 11.5 Å². The minimum absolute atomic E-state index is 0.842. The zero-order valence-electron chi connectivity index (χ0n) is 10.9. The van der Waals surface area contributed by atoms with Gasteiger partial charge in [0.25, 0.3) is 0 Å². The number of hydrogen-bond acceptors (Lipinski definition) is 3. The average Bonchev–Trinajstić information content (AvgIpc) is 2.80. The van der Waals surface area contributed by atoms with Crippen LogP contribution in [0.5, 0.6) is 0 Å². The average molecular weight is 260 g/mol. The van der Waals surface area contributed by atoms with Gasteiger partial charge in [0.1, 0.15) is 5.00 Å². The Balaban J connectivity index is 1.66. The van der Waals surface area contributed by atoms with E-state index in [0.29, 0.717) is 0 Å². The number of fused-ring (bicyclic) bond motifs is 1. The van der Waals surface area contributed by atoms with E-state index in [1.807, 2.05) is 0 Å². The van der Waals surface area contributed by atoms with E-state index in [2.05, 4.69) is 40.9 Å². The van der Waals surface area contributed by atoms with E-state index in [-0.39, 0.29) is 0 Å². The van der Waals surface area contributed by atoms with Gasteiger partial charge in [-0.2, -0.15) is 4.37 Å². The number of nitrogens with zero attached hydrogens (tertiary/aromatic N) is 1. The molecule has 18 heavy (non-hydrogen) atoms. The normalized spacial score (nSPS) is 24.3. The first-order valence-corrected chi connectivity index (χ1v) is 7.68. The first-order chi connectivity index (χ1) is 8.83. The van der Waals surface area contributed by atoms with E-state index in [9.17, 15) is 0 Å². The minimum atomic E-state index is 0.842. The van der Waals surface area contributed by atoms with Crippen LogP contribution in [0, 0.1) is 11.8 Å². The molecule has 96 valence electrons. The Kier molecular flexibility index (Phi) is 3.50. The van der Waals surface area contributed by atoms with Crippen molar-refractivity contribution in [3.63, 3.8) is 0 Å². The molecule has 3 heteroatoms. The molecule has 2 atom stereocenters. The van der Waals surface area contributed by atoms with Crippen LogP contribution in [0.3, 0.4) is 0 Å². The maximum Gasteiger partial charge on any atom is 0.117 e. The van der Waals surface area contributed by atoms with Crippen LogP contribution in [-0.2, 0) is 0 Å². The van der Waals surface area contributed by atoms with Crippen LogP contribution in [0.4, 0.5) is 5.00 Å². The first-order valence-electron chi connectivity index (χ1n) is 6.91. The molecule has 1 saturated carbocycles. The third kappa shape index (κ3) is 2.51. The van der Waals surface area contributed by atoms with Crippen molar-refractivity contribution in [1.82, 2.24) is 4.37 Å². The highest BCUT2D eigenvalue weighted by molar-refractivity contribution is 7.11. The van der Waals surface area contributed by atoms with Crippen LogP contribution < -0.4 is 5.32 Å². The summed E-state index contributed by atoms with van der Waals surface area (Å²) in [5.74, 6) is 1.75. The number of hydrogen-bond donors (Lipinski definition) is 1. The molecule has 2 nitrogen and oxygen atoms in total. The highest BCUT2D eigenvalue weighted by atomic mass is 32.1. The molecule has 2 unspecified atom stereocenters. The third-order valence-corrected chi connectivity index (χ3v) is 4.82. The van der Waals surface area contributed by atoms with Crippen molar-refractivity contribution in [2.75, 3.05) is 11.9 Å². The third-order valence-electron chi connectivity index (χ3n) is 3.98. The zero-order valence-corrected chi connectivity index (χ0v) is 11.7. The lowest BCUT2D eigenvalue weighted by Crippen LogP contribution is -2.20. The SMILES string of the molecule is CC1CCCC(CNc2snc3ccccc23)C1. The molecule has 0 radical (unpaired) electrons. The van der Waals surface area contributed by atoms with E-state index in [0.717, 1.165) is 23.9 Å². The largest absolute Gasteiger partial charge is 0.375 e. The number of anilines is 1. The Hall–Kier alpha value is -1.09. The van der Waals surface area contributed by atoms with Gasteiger partial charge in [0.05, 0.1) is 5.52 Å². The number of benzene rings is 1. The van der Waals surface area contributed by atoms with Gasteiger partial charge in [-0.1, -0.05) is 31.9 Å². The Morgan fingerprint density at radius 3 is 3.11 bits per heavy atom. The molecular weight excluding hydrogens is 240 g/mol. The second-order valence-corrected chi connectivity index (χ2v) is 6.32. The quantitative estimate of drug-likeness (QED) is 0.876. The van der Waals surface area contributed by atoms with Crippen LogP contribution in [-0.4, -0.2) is 10.9 Å². The summed E-state index contributed by atoms with van der Waals surface area (Å²) in [5.41, 5.74) is 1.11. The number of nitrogens with one attached hydrogen (secondary N) is 1. The summed E-state index contributed by atoms with van der Waals surface area (Å²) >= 11 is 1.59. The fraction of sp³-hybridized carbons (Fsp3) is 0.533. The molecule has 1 aliphatic rings. The highest BCUT2D eigenvalue weighted by Gasteiger charge is 2.19. The lowest BCUT2D eigenvalue weighted by molar-refractivity contribution is 0.293. The second-order valence-electron chi connectivity index (χ2n) is 5.55. The molecule has 0 spiro atoms. The van der Waals surface area contributed by atoms with Crippen LogP contribution in [0.1, 0.15) is 32.6 Å². The summed E-state index contributed by atoms with van der Waals surface area (Å²) in [6, 6.07) is 8.38. The summed E-state index contributed by atoms with van der Waals surface area (Å²) in [6.07, 6.45) is 5.58. The lowest BCUT2D eigenvalue weighted by atomic mass is 9.82. The van der Waals surface area contributed by atoms with E-state index < -0.39 is 0 Å². The van der Waals surface area contributed by atoms with Crippen molar-refractivity contribution in [2.45, 2.75) is 32.6 Å². The Labute approximate surface area is 113 Å². The summed E-state index contributed by atoms with van der Waals surface area (Å²) in [5, 5.41) is 6.12. The van der Waals surface area contributed by atoms with Crippen LogP contribution in [0.2, 0.25) is 0 Å². The molecular formula is C15H20N2S. The van der Waals surface area contributed by atoms with Gasteiger partial charge in [-0.05, 0) is 48.3 Å². The summed E-state index contributed by atoms with van der Waals surface area (Å²) in [6.45, 7) is 3.49. The molecule has 1 heterocycles. The predicted octanol–water partition coefficient (Wildman–Crippen LogP) is 4.53. The van der Waals surface area contributed by atoms with Gasteiger partial charge in [0.15, 0.2) is 0 Å². The maximum atomic E-state index is 4.48. The standard InChI is InChI=1S/C15H20N2S/c1-11-5-4-6-12(9-11)10-16-15-13-7-2-3-8-14(13)17-18-15/h2-3,7-8,11-12,16H,4-6,9-10H2,1H3. The van der Waals surface area contributed by atoms with Gasteiger partial charge in [0.2, 0.25) is 0 Å². The Bertz CT molecular complexity index is 520. The second kappa shape index (κ2) is 5.27. The van der Waals surface area contributed by atoms with Crippen molar-refractivity contribution < 1.29 is 0 Å². The molecule has 1 aliphatic carbocycles. The summed E-state index contributed by atoms with van der Waals surface area (Å²) in [4.78, 5) is 0. The molecule has 1 N–H and O–H groups in total.